The van der Waals surface area contributed by atoms with Crippen LogP contribution in [0, 0.1) is 11.3 Å². The van der Waals surface area contributed by atoms with Gasteiger partial charge in [0.2, 0.25) is 0 Å². The number of nitrogens with zero attached hydrogens (tertiary/aromatic N) is 1. The lowest BCUT2D eigenvalue weighted by Crippen LogP contribution is -2.60. The van der Waals surface area contributed by atoms with E-state index < -0.39 is 0 Å². The zero-order chi connectivity index (χ0) is 14.8. The molecule has 2 rings (SSSR count). The van der Waals surface area contributed by atoms with E-state index in [1.54, 1.807) is 0 Å². The van der Waals surface area contributed by atoms with Gasteiger partial charge in [-0.1, -0.05) is 27.7 Å². The molecular formula is C17H35N3. The Morgan fingerprint density at radius 1 is 1.20 bits per heavy atom. The van der Waals surface area contributed by atoms with E-state index in [1.807, 2.05) is 0 Å². The minimum Gasteiger partial charge on any atom is -0.329 e. The fourth-order valence-corrected chi connectivity index (χ4v) is 4.08. The molecule has 1 saturated heterocycles. The van der Waals surface area contributed by atoms with Crippen molar-refractivity contribution in [1.29, 1.82) is 0 Å². The Hall–Kier alpha value is -0.120. The first-order valence-corrected chi connectivity index (χ1v) is 8.54. The molecule has 0 radical (unpaired) electrons. The van der Waals surface area contributed by atoms with Crippen LogP contribution >= 0.6 is 0 Å². The number of nitrogens with one attached hydrogen (secondary N) is 1. The Kier molecular flexibility index (Phi) is 5.14. The Morgan fingerprint density at radius 3 is 2.30 bits per heavy atom. The van der Waals surface area contributed by atoms with Gasteiger partial charge in [-0.05, 0) is 56.5 Å². The highest BCUT2D eigenvalue weighted by Crippen LogP contribution is 2.38. The molecule has 3 nitrogen and oxygen atoms in total. The van der Waals surface area contributed by atoms with Gasteiger partial charge in [0.1, 0.15) is 0 Å². The predicted octanol–water partition coefficient (Wildman–Crippen LogP) is 2.60. The summed E-state index contributed by atoms with van der Waals surface area (Å²) in [5.74, 6) is 0.768. The van der Waals surface area contributed by atoms with Crippen molar-refractivity contribution in [3.63, 3.8) is 0 Å². The van der Waals surface area contributed by atoms with Gasteiger partial charge in [-0.25, -0.2) is 0 Å². The van der Waals surface area contributed by atoms with Gasteiger partial charge in [0.15, 0.2) is 0 Å². The number of piperidine rings is 1. The maximum absolute atomic E-state index is 6.15. The van der Waals surface area contributed by atoms with Crippen LogP contribution in [0.3, 0.4) is 0 Å². The van der Waals surface area contributed by atoms with Crippen LogP contribution in [0.5, 0.6) is 0 Å². The van der Waals surface area contributed by atoms with Gasteiger partial charge in [-0.2, -0.15) is 0 Å². The van der Waals surface area contributed by atoms with E-state index >= 15 is 0 Å². The monoisotopic (exact) mass is 281 g/mol. The van der Waals surface area contributed by atoms with Crippen LogP contribution in [0.25, 0.3) is 0 Å². The molecule has 20 heavy (non-hydrogen) atoms. The van der Waals surface area contributed by atoms with Gasteiger partial charge in [-0.15, -0.1) is 0 Å². The fraction of sp³-hybridized carbons (Fsp3) is 1.00. The Balaban J connectivity index is 1.86. The summed E-state index contributed by atoms with van der Waals surface area (Å²) in [5.41, 5.74) is 6.88. The van der Waals surface area contributed by atoms with E-state index in [9.17, 15) is 0 Å². The van der Waals surface area contributed by atoms with Gasteiger partial charge in [-0.3, -0.25) is 0 Å². The molecule has 1 aliphatic carbocycles. The highest BCUT2D eigenvalue weighted by Gasteiger charge is 2.38. The maximum Gasteiger partial charge on any atom is 0.0330 e. The first-order valence-electron chi connectivity index (χ1n) is 8.54. The van der Waals surface area contributed by atoms with Crippen LogP contribution in [0.4, 0.5) is 0 Å². The molecule has 1 saturated carbocycles. The normalized spacial score (nSPS) is 30.0. The molecule has 118 valence electrons. The SMILES string of the molecule is CC(C)CN1CCC(CN)(NC2CCC(C)(C)C2)CC1. The van der Waals surface area contributed by atoms with Gasteiger partial charge >= 0.3 is 0 Å². The van der Waals surface area contributed by atoms with E-state index in [1.165, 1.54) is 51.7 Å². The molecule has 0 bridgehead atoms. The second-order valence-corrected chi connectivity index (χ2v) is 8.43. The number of hydrogen-bond donors (Lipinski definition) is 2. The maximum atomic E-state index is 6.15. The molecule has 0 aromatic rings. The summed E-state index contributed by atoms with van der Waals surface area (Å²) in [7, 11) is 0. The smallest absolute Gasteiger partial charge is 0.0330 e. The molecule has 3 heteroatoms. The Labute approximate surface area is 125 Å². The highest BCUT2D eigenvalue weighted by molar-refractivity contribution is 4.99. The number of hydrogen-bond acceptors (Lipinski definition) is 3. The quantitative estimate of drug-likeness (QED) is 0.814. The third kappa shape index (κ3) is 4.19. The Bertz CT molecular complexity index is 303. The molecule has 1 heterocycles. The van der Waals surface area contributed by atoms with Gasteiger partial charge < -0.3 is 16.0 Å². The molecular weight excluding hydrogens is 246 g/mol. The number of nitrogens with two attached hydrogens (primary N) is 1. The second kappa shape index (κ2) is 6.33. The third-order valence-corrected chi connectivity index (χ3v) is 5.31. The molecule has 1 aliphatic heterocycles. The van der Waals surface area contributed by atoms with Gasteiger partial charge in [0, 0.05) is 24.7 Å². The third-order valence-electron chi connectivity index (χ3n) is 5.31. The summed E-state index contributed by atoms with van der Waals surface area (Å²) in [5, 5.41) is 3.96. The molecule has 0 aromatic carbocycles. The van der Waals surface area contributed by atoms with Crippen LogP contribution in [0.2, 0.25) is 0 Å². The van der Waals surface area contributed by atoms with Crippen molar-refractivity contribution in [2.75, 3.05) is 26.2 Å². The molecule has 0 amide bonds. The summed E-state index contributed by atoms with van der Waals surface area (Å²) in [6.45, 7) is 13.9. The van der Waals surface area contributed by atoms with Crippen LogP contribution in [0.15, 0.2) is 0 Å². The van der Waals surface area contributed by atoms with Crippen LogP contribution < -0.4 is 11.1 Å². The first kappa shape index (κ1) is 16.3. The van der Waals surface area contributed by atoms with Crippen LogP contribution in [0.1, 0.15) is 59.8 Å². The number of rotatable bonds is 5. The standard InChI is InChI=1S/C17H35N3/c1-14(2)12-20-9-7-17(13-18,8-10-20)19-15-5-6-16(3,4)11-15/h14-15,19H,5-13,18H2,1-4H3. The zero-order valence-corrected chi connectivity index (χ0v) is 14.0. The molecule has 2 aliphatic rings. The molecule has 3 N–H and O–H groups in total. The lowest BCUT2D eigenvalue weighted by Gasteiger charge is -2.44. The highest BCUT2D eigenvalue weighted by atomic mass is 15.2. The van der Waals surface area contributed by atoms with E-state index in [0.717, 1.165) is 12.5 Å². The first-order chi connectivity index (χ1) is 9.34. The Morgan fingerprint density at radius 2 is 1.85 bits per heavy atom. The predicted molar refractivity (Wildman–Crippen MR) is 86.9 cm³/mol. The lowest BCUT2D eigenvalue weighted by molar-refractivity contribution is 0.118. The van der Waals surface area contributed by atoms with E-state index in [-0.39, 0.29) is 5.54 Å². The minimum absolute atomic E-state index is 0.207. The van der Waals surface area contributed by atoms with Crippen molar-refractivity contribution in [1.82, 2.24) is 10.2 Å². The minimum atomic E-state index is 0.207. The molecule has 0 aromatic heterocycles. The zero-order valence-electron chi connectivity index (χ0n) is 14.0. The average Bonchev–Trinajstić information content (AvgIpc) is 2.71. The molecule has 2 fully saturated rings. The van der Waals surface area contributed by atoms with Crippen molar-refractivity contribution in [3.05, 3.63) is 0 Å². The summed E-state index contributed by atoms with van der Waals surface area (Å²) in [4.78, 5) is 2.61. The fourth-order valence-electron chi connectivity index (χ4n) is 4.08. The number of likely N-dealkylation sites (tertiary alicyclic amines) is 1. The van der Waals surface area contributed by atoms with E-state index in [2.05, 4.69) is 37.9 Å². The van der Waals surface area contributed by atoms with Gasteiger partial charge in [0.25, 0.3) is 0 Å². The van der Waals surface area contributed by atoms with Gasteiger partial charge in [0.05, 0.1) is 0 Å². The molecule has 1 atom stereocenters. The van der Waals surface area contributed by atoms with Crippen molar-refractivity contribution in [2.45, 2.75) is 71.4 Å². The lowest BCUT2D eigenvalue weighted by atomic mass is 9.85. The van der Waals surface area contributed by atoms with Crippen molar-refractivity contribution < 1.29 is 0 Å². The summed E-state index contributed by atoms with van der Waals surface area (Å²) < 4.78 is 0. The second-order valence-electron chi connectivity index (χ2n) is 8.43. The largest absolute Gasteiger partial charge is 0.329 e. The van der Waals surface area contributed by atoms with Crippen molar-refractivity contribution in [2.24, 2.45) is 17.1 Å². The molecule has 0 spiro atoms. The molecule has 1 unspecified atom stereocenters. The average molecular weight is 281 g/mol. The summed E-state index contributed by atoms with van der Waals surface area (Å²) >= 11 is 0. The van der Waals surface area contributed by atoms with Crippen molar-refractivity contribution in [3.8, 4) is 0 Å². The van der Waals surface area contributed by atoms with E-state index in [4.69, 9.17) is 5.73 Å². The topological polar surface area (TPSA) is 41.3 Å². The summed E-state index contributed by atoms with van der Waals surface area (Å²) in [6.07, 6.45) is 6.42. The van der Waals surface area contributed by atoms with Crippen LogP contribution in [-0.4, -0.2) is 42.7 Å². The van der Waals surface area contributed by atoms with Crippen molar-refractivity contribution >= 4 is 0 Å². The van der Waals surface area contributed by atoms with E-state index in [0.29, 0.717) is 11.5 Å². The summed E-state index contributed by atoms with van der Waals surface area (Å²) in [6, 6.07) is 0.685. The van der Waals surface area contributed by atoms with Crippen LogP contribution in [-0.2, 0) is 0 Å².